The smallest absolute Gasteiger partial charge is 0.319 e. The SMILES string of the molecule is C=CC12CCC(CN(c3nc(OCC4CCCN4C)nc4c(F)c(-c5c(C)c(F)cc6[nH]ncc56)ncc34)C1)N2. The van der Waals surface area contributed by atoms with Crippen LogP contribution in [0.5, 0.6) is 6.01 Å². The van der Waals surface area contributed by atoms with E-state index in [-0.39, 0.29) is 34.8 Å². The Balaban J connectivity index is 1.38. The number of aromatic nitrogens is 5. The Bertz CT molecular complexity index is 1640. The molecule has 40 heavy (non-hydrogen) atoms. The second-order valence-corrected chi connectivity index (χ2v) is 11.4. The molecular weight excluding hydrogens is 514 g/mol. The zero-order valence-corrected chi connectivity index (χ0v) is 22.7. The lowest BCUT2D eigenvalue weighted by Crippen LogP contribution is -2.58. The van der Waals surface area contributed by atoms with E-state index < -0.39 is 11.6 Å². The van der Waals surface area contributed by atoms with Crippen molar-refractivity contribution in [3.8, 4) is 17.3 Å². The number of piperazine rings is 1. The Morgan fingerprint density at radius 3 is 2.90 bits per heavy atom. The van der Waals surface area contributed by atoms with Gasteiger partial charge in [-0.15, -0.1) is 6.58 Å². The van der Waals surface area contributed by atoms with E-state index in [1.807, 2.05) is 6.08 Å². The minimum absolute atomic E-state index is 0.0185. The molecule has 3 aliphatic heterocycles. The van der Waals surface area contributed by atoms with E-state index in [9.17, 15) is 4.39 Å². The van der Waals surface area contributed by atoms with Crippen LogP contribution in [0.25, 0.3) is 33.1 Å². The monoisotopic (exact) mass is 546 g/mol. The first kappa shape index (κ1) is 25.3. The summed E-state index contributed by atoms with van der Waals surface area (Å²) >= 11 is 0. The van der Waals surface area contributed by atoms with Crippen LogP contribution in [0.2, 0.25) is 0 Å². The Morgan fingerprint density at radius 2 is 2.10 bits per heavy atom. The van der Waals surface area contributed by atoms with Gasteiger partial charge in [-0.25, -0.2) is 8.78 Å². The molecule has 0 saturated carbocycles. The van der Waals surface area contributed by atoms with Crippen molar-refractivity contribution in [2.45, 2.75) is 50.2 Å². The second-order valence-electron chi connectivity index (χ2n) is 11.4. The maximum absolute atomic E-state index is 16.5. The van der Waals surface area contributed by atoms with Crippen LogP contribution in [0.1, 0.15) is 31.2 Å². The molecule has 11 heteroatoms. The Hall–Kier alpha value is -3.70. The third-order valence-corrected chi connectivity index (χ3v) is 8.93. The van der Waals surface area contributed by atoms with E-state index >= 15 is 4.39 Å². The average Bonchev–Trinajstić information content (AvgIpc) is 3.67. The molecule has 2 N–H and O–H groups in total. The van der Waals surface area contributed by atoms with Crippen molar-refractivity contribution in [3.63, 3.8) is 0 Å². The van der Waals surface area contributed by atoms with Gasteiger partial charge in [0.1, 0.15) is 29.5 Å². The maximum Gasteiger partial charge on any atom is 0.319 e. The molecule has 4 aromatic rings. The highest BCUT2D eigenvalue weighted by molar-refractivity contribution is 5.99. The molecule has 6 heterocycles. The molecule has 0 radical (unpaired) electrons. The van der Waals surface area contributed by atoms with Crippen LogP contribution in [0.15, 0.2) is 31.1 Å². The van der Waals surface area contributed by atoms with Crippen LogP contribution in [0.3, 0.4) is 0 Å². The van der Waals surface area contributed by atoms with Gasteiger partial charge in [0.2, 0.25) is 0 Å². The third-order valence-electron chi connectivity index (χ3n) is 8.93. The molecule has 208 valence electrons. The molecule has 0 amide bonds. The van der Waals surface area contributed by atoms with Crippen LogP contribution >= 0.6 is 0 Å². The van der Waals surface area contributed by atoms with Crippen molar-refractivity contribution >= 4 is 27.6 Å². The molecule has 7 rings (SSSR count). The number of likely N-dealkylation sites (tertiary alicyclic amines) is 1. The van der Waals surface area contributed by atoms with Crippen LogP contribution in [-0.4, -0.2) is 81.0 Å². The Kier molecular flexibility index (Phi) is 5.97. The lowest BCUT2D eigenvalue weighted by molar-refractivity contribution is 0.188. The molecular formula is C29H32F2N8O. The van der Waals surface area contributed by atoms with Gasteiger partial charge < -0.3 is 19.9 Å². The zero-order chi connectivity index (χ0) is 27.6. The molecule has 3 aliphatic rings. The standard InChI is InChI=1S/C29H32F2N8O/c1-4-29-8-7-17(36-29)13-39(15-29)27-20-11-32-26(23-16(2)21(30)10-22-19(23)12-33-37-22)24(31)25(20)34-28(35-27)40-14-18-6-5-9-38(18)3/h4,10-12,17-18,36H,1,5-9,13-15H2,2-3H3,(H,33,37). The number of nitrogens with one attached hydrogen (secondary N) is 2. The summed E-state index contributed by atoms with van der Waals surface area (Å²) in [6, 6.07) is 2.01. The summed E-state index contributed by atoms with van der Waals surface area (Å²) in [5.74, 6) is -0.523. The number of fused-ring (bicyclic) bond motifs is 4. The highest BCUT2D eigenvalue weighted by Crippen LogP contribution is 2.39. The highest BCUT2D eigenvalue weighted by Gasteiger charge is 2.43. The number of H-pyrrole nitrogens is 1. The molecule has 3 unspecified atom stereocenters. The van der Waals surface area contributed by atoms with Gasteiger partial charge in [-0.05, 0) is 57.8 Å². The van der Waals surface area contributed by atoms with Crippen molar-refractivity contribution in [2.75, 3.05) is 38.2 Å². The minimum Gasteiger partial charge on any atom is -0.462 e. The van der Waals surface area contributed by atoms with Crippen LogP contribution in [0.4, 0.5) is 14.6 Å². The number of hydrogen-bond donors (Lipinski definition) is 2. The van der Waals surface area contributed by atoms with Crippen molar-refractivity contribution in [1.29, 1.82) is 0 Å². The first-order valence-electron chi connectivity index (χ1n) is 13.8. The molecule has 3 fully saturated rings. The first-order chi connectivity index (χ1) is 19.4. The maximum atomic E-state index is 16.5. The summed E-state index contributed by atoms with van der Waals surface area (Å²) < 4.78 is 37.5. The van der Waals surface area contributed by atoms with Gasteiger partial charge in [-0.3, -0.25) is 10.1 Å². The molecule has 0 aliphatic carbocycles. The number of likely N-dealkylation sites (N-methyl/N-ethyl adjacent to an activating group) is 1. The van der Waals surface area contributed by atoms with Gasteiger partial charge >= 0.3 is 6.01 Å². The number of pyridine rings is 1. The largest absolute Gasteiger partial charge is 0.462 e. The van der Waals surface area contributed by atoms with Crippen LogP contribution in [-0.2, 0) is 0 Å². The Morgan fingerprint density at radius 1 is 1.23 bits per heavy atom. The van der Waals surface area contributed by atoms with E-state index in [0.717, 1.165) is 32.2 Å². The summed E-state index contributed by atoms with van der Waals surface area (Å²) in [6.07, 6.45) is 9.27. The van der Waals surface area contributed by atoms with E-state index in [1.54, 1.807) is 19.3 Å². The molecule has 1 aromatic carbocycles. The molecule has 9 nitrogen and oxygen atoms in total. The predicted octanol–water partition coefficient (Wildman–Crippen LogP) is 4.12. The van der Waals surface area contributed by atoms with Crippen LogP contribution < -0.4 is 15.0 Å². The fourth-order valence-corrected chi connectivity index (χ4v) is 6.63. The number of benzene rings is 1. The fraction of sp³-hybridized carbons (Fsp3) is 0.448. The predicted molar refractivity (Wildman–Crippen MR) is 150 cm³/mol. The molecule has 3 aromatic heterocycles. The van der Waals surface area contributed by atoms with Gasteiger partial charge in [0.15, 0.2) is 5.82 Å². The van der Waals surface area contributed by atoms with Crippen molar-refractivity contribution in [1.82, 2.24) is 35.4 Å². The second kappa shape index (κ2) is 9.45. The van der Waals surface area contributed by atoms with Crippen molar-refractivity contribution in [3.05, 3.63) is 48.3 Å². The number of rotatable bonds is 6. The summed E-state index contributed by atoms with van der Waals surface area (Å²) in [7, 11) is 2.08. The summed E-state index contributed by atoms with van der Waals surface area (Å²) in [6.45, 7) is 8.49. The van der Waals surface area contributed by atoms with Gasteiger partial charge in [0, 0.05) is 42.3 Å². The van der Waals surface area contributed by atoms with Crippen molar-refractivity contribution < 1.29 is 13.5 Å². The molecule has 0 spiro atoms. The Labute approximate surface area is 230 Å². The lowest BCUT2D eigenvalue weighted by Gasteiger charge is -2.40. The van der Waals surface area contributed by atoms with Gasteiger partial charge in [-0.2, -0.15) is 15.1 Å². The number of halogens is 2. The topological polar surface area (TPSA) is 95.1 Å². The van der Waals surface area contributed by atoms with Crippen LogP contribution in [0, 0.1) is 18.6 Å². The lowest BCUT2D eigenvalue weighted by atomic mass is 9.97. The number of anilines is 1. The van der Waals surface area contributed by atoms with E-state index in [2.05, 4.69) is 48.9 Å². The quantitative estimate of drug-likeness (QED) is 0.349. The van der Waals surface area contributed by atoms with E-state index in [0.29, 0.717) is 52.9 Å². The number of ether oxygens (including phenoxy) is 1. The molecule has 3 atom stereocenters. The average molecular weight is 547 g/mol. The highest BCUT2D eigenvalue weighted by atomic mass is 19.1. The zero-order valence-electron chi connectivity index (χ0n) is 22.7. The van der Waals surface area contributed by atoms with Gasteiger partial charge in [-0.1, -0.05) is 6.08 Å². The van der Waals surface area contributed by atoms with Gasteiger partial charge in [0.25, 0.3) is 0 Å². The summed E-state index contributed by atoms with van der Waals surface area (Å²) in [5, 5.41) is 11.6. The normalized spacial score (nSPS) is 24.9. The van der Waals surface area contributed by atoms with Gasteiger partial charge in [0.05, 0.1) is 22.6 Å². The summed E-state index contributed by atoms with van der Waals surface area (Å²) in [5.41, 5.74) is 1.00. The molecule has 3 saturated heterocycles. The fourth-order valence-electron chi connectivity index (χ4n) is 6.63. The third kappa shape index (κ3) is 4.02. The number of aromatic amines is 1. The first-order valence-corrected chi connectivity index (χ1v) is 13.8. The van der Waals surface area contributed by atoms with Crippen molar-refractivity contribution in [2.24, 2.45) is 0 Å². The number of hydrogen-bond acceptors (Lipinski definition) is 8. The van der Waals surface area contributed by atoms with E-state index in [4.69, 9.17) is 9.72 Å². The molecule has 2 bridgehead atoms. The minimum atomic E-state index is -0.642. The number of nitrogens with zero attached hydrogens (tertiary/aromatic N) is 6. The van der Waals surface area contributed by atoms with E-state index in [1.165, 1.54) is 6.07 Å². The summed E-state index contributed by atoms with van der Waals surface area (Å²) in [4.78, 5) is 18.3.